The van der Waals surface area contributed by atoms with Gasteiger partial charge in [-0.05, 0) is 99.3 Å². The maximum absolute atomic E-state index is 14.9. The lowest BCUT2D eigenvalue weighted by Gasteiger charge is -2.32. The van der Waals surface area contributed by atoms with Gasteiger partial charge in [0.25, 0.3) is 0 Å². The van der Waals surface area contributed by atoms with Crippen LogP contribution in [0.5, 0.6) is 5.88 Å². The standard InChI is InChI=1S/C22H26BFINO3S/c1-21(2)22(3,4)29-23(28-21)14-7-10-19(17(24)12-14)30-16-9-8-15(13-16)27-20-18(25)6-5-11-26-20/h5-7,10-12,15-16H,8-9,13H2,1-4H3. The van der Waals surface area contributed by atoms with Crippen LogP contribution in [0.3, 0.4) is 0 Å². The van der Waals surface area contributed by atoms with Crippen LogP contribution in [-0.4, -0.2) is 34.7 Å². The minimum Gasteiger partial charge on any atom is -0.474 e. The van der Waals surface area contributed by atoms with E-state index in [2.05, 4.69) is 27.6 Å². The highest BCUT2D eigenvalue weighted by Gasteiger charge is 2.51. The maximum Gasteiger partial charge on any atom is 0.494 e. The zero-order chi connectivity index (χ0) is 21.5. The fourth-order valence-electron chi connectivity index (χ4n) is 3.65. The zero-order valence-electron chi connectivity index (χ0n) is 17.7. The predicted molar refractivity (Wildman–Crippen MR) is 127 cm³/mol. The molecule has 0 bridgehead atoms. The summed E-state index contributed by atoms with van der Waals surface area (Å²) in [6.45, 7) is 7.99. The summed E-state index contributed by atoms with van der Waals surface area (Å²) in [5, 5.41) is 0.327. The molecule has 8 heteroatoms. The number of hydrogen-bond acceptors (Lipinski definition) is 5. The molecule has 0 N–H and O–H groups in total. The highest BCUT2D eigenvalue weighted by Crippen LogP contribution is 2.39. The van der Waals surface area contributed by atoms with E-state index < -0.39 is 18.3 Å². The third-order valence-electron chi connectivity index (χ3n) is 6.11. The first-order valence-electron chi connectivity index (χ1n) is 10.2. The van der Waals surface area contributed by atoms with Crippen molar-refractivity contribution < 1.29 is 18.4 Å². The molecule has 30 heavy (non-hydrogen) atoms. The van der Waals surface area contributed by atoms with Gasteiger partial charge in [0.15, 0.2) is 0 Å². The molecule has 160 valence electrons. The van der Waals surface area contributed by atoms with Gasteiger partial charge in [-0.25, -0.2) is 9.37 Å². The van der Waals surface area contributed by atoms with Crippen molar-refractivity contribution in [2.45, 2.75) is 74.4 Å². The quantitative estimate of drug-likeness (QED) is 0.384. The van der Waals surface area contributed by atoms with E-state index in [1.807, 2.05) is 52.0 Å². The van der Waals surface area contributed by atoms with Crippen LogP contribution in [-0.2, 0) is 9.31 Å². The molecule has 0 radical (unpaired) electrons. The van der Waals surface area contributed by atoms with Gasteiger partial charge in [-0.15, -0.1) is 11.8 Å². The molecule has 0 amide bonds. The van der Waals surface area contributed by atoms with Gasteiger partial charge in [0, 0.05) is 16.3 Å². The monoisotopic (exact) mass is 541 g/mol. The summed E-state index contributed by atoms with van der Waals surface area (Å²) in [5.41, 5.74) is -0.162. The molecule has 2 aliphatic rings. The highest BCUT2D eigenvalue weighted by molar-refractivity contribution is 14.1. The molecule has 1 aromatic carbocycles. The van der Waals surface area contributed by atoms with Gasteiger partial charge >= 0.3 is 7.12 Å². The molecular weight excluding hydrogens is 515 g/mol. The topological polar surface area (TPSA) is 40.6 Å². The molecule has 2 unspecified atom stereocenters. The summed E-state index contributed by atoms with van der Waals surface area (Å²) < 4.78 is 34.0. The molecule has 4 nitrogen and oxygen atoms in total. The molecule has 2 heterocycles. The number of halogens is 2. The van der Waals surface area contributed by atoms with Crippen molar-refractivity contribution in [2.75, 3.05) is 0 Å². The van der Waals surface area contributed by atoms with Gasteiger partial charge in [-0.2, -0.15) is 0 Å². The van der Waals surface area contributed by atoms with Crippen LogP contribution in [0.4, 0.5) is 4.39 Å². The second kappa shape index (κ2) is 8.60. The Morgan fingerprint density at radius 3 is 2.57 bits per heavy atom. The molecule has 0 spiro atoms. The Hall–Kier alpha value is -0.835. The van der Waals surface area contributed by atoms with E-state index in [0.717, 1.165) is 22.8 Å². The van der Waals surface area contributed by atoms with E-state index >= 15 is 0 Å². The Balaban J connectivity index is 1.37. The largest absolute Gasteiger partial charge is 0.494 e. The van der Waals surface area contributed by atoms with Crippen molar-refractivity contribution in [3.8, 4) is 5.88 Å². The number of rotatable bonds is 5. The Labute approximate surface area is 195 Å². The number of aromatic nitrogens is 1. The molecule has 1 aliphatic carbocycles. The molecule has 1 saturated carbocycles. The number of nitrogens with zero attached hydrogens (tertiary/aromatic N) is 1. The van der Waals surface area contributed by atoms with Gasteiger partial charge < -0.3 is 14.0 Å². The van der Waals surface area contributed by atoms with Crippen LogP contribution >= 0.6 is 34.4 Å². The maximum atomic E-state index is 14.9. The lowest BCUT2D eigenvalue weighted by molar-refractivity contribution is 0.00578. The number of thioether (sulfide) groups is 1. The number of benzene rings is 1. The molecule has 2 fully saturated rings. The molecule has 1 aliphatic heterocycles. The van der Waals surface area contributed by atoms with Crippen LogP contribution < -0.4 is 10.2 Å². The minimum atomic E-state index is -0.548. The Morgan fingerprint density at radius 1 is 1.17 bits per heavy atom. The summed E-state index contributed by atoms with van der Waals surface area (Å²) in [5.74, 6) is 0.461. The Morgan fingerprint density at radius 2 is 1.90 bits per heavy atom. The predicted octanol–water partition coefficient (Wildman–Crippen LogP) is 5.22. The van der Waals surface area contributed by atoms with Crippen molar-refractivity contribution >= 4 is 46.9 Å². The fourth-order valence-corrected chi connectivity index (χ4v) is 5.36. The lowest BCUT2D eigenvalue weighted by atomic mass is 9.79. The number of hydrogen-bond donors (Lipinski definition) is 0. The van der Waals surface area contributed by atoms with E-state index in [0.29, 0.717) is 21.5 Å². The second-order valence-electron chi connectivity index (χ2n) is 8.86. The van der Waals surface area contributed by atoms with Crippen molar-refractivity contribution in [1.82, 2.24) is 4.98 Å². The summed E-state index contributed by atoms with van der Waals surface area (Å²) >= 11 is 3.82. The molecule has 1 aromatic heterocycles. The highest BCUT2D eigenvalue weighted by atomic mass is 127. The summed E-state index contributed by atoms with van der Waals surface area (Å²) in [6.07, 6.45) is 4.71. The van der Waals surface area contributed by atoms with Crippen molar-refractivity contribution in [1.29, 1.82) is 0 Å². The van der Waals surface area contributed by atoms with Gasteiger partial charge in [0.05, 0.1) is 14.8 Å². The van der Waals surface area contributed by atoms with E-state index in [1.54, 1.807) is 24.0 Å². The first-order valence-corrected chi connectivity index (χ1v) is 12.2. The van der Waals surface area contributed by atoms with Gasteiger partial charge in [-0.1, -0.05) is 6.07 Å². The van der Waals surface area contributed by atoms with Crippen LogP contribution in [0.1, 0.15) is 47.0 Å². The van der Waals surface area contributed by atoms with Crippen molar-refractivity contribution in [2.24, 2.45) is 0 Å². The van der Waals surface area contributed by atoms with Crippen LogP contribution in [0.2, 0.25) is 0 Å². The SMILES string of the molecule is CC1(C)OB(c2ccc(SC3CCC(Oc4ncccc4I)C3)c(F)c2)OC1(C)C. The third kappa shape index (κ3) is 4.66. The molecule has 4 rings (SSSR count). The lowest BCUT2D eigenvalue weighted by Crippen LogP contribution is -2.41. The summed E-state index contributed by atoms with van der Waals surface area (Å²) in [4.78, 5) is 4.97. The number of ether oxygens (including phenoxy) is 1. The van der Waals surface area contributed by atoms with Crippen LogP contribution in [0, 0.1) is 9.39 Å². The fraction of sp³-hybridized carbons (Fsp3) is 0.500. The normalized spacial score (nSPS) is 24.9. The number of pyridine rings is 1. The van der Waals surface area contributed by atoms with E-state index in [4.69, 9.17) is 14.0 Å². The molecule has 2 atom stereocenters. The first kappa shape index (κ1) is 22.4. The third-order valence-corrected chi connectivity index (χ3v) is 8.28. The van der Waals surface area contributed by atoms with Gasteiger partial charge in [-0.3, -0.25) is 0 Å². The zero-order valence-corrected chi connectivity index (χ0v) is 20.6. The Bertz CT molecular complexity index is 913. The first-order chi connectivity index (χ1) is 14.1. The summed E-state index contributed by atoms with van der Waals surface area (Å²) in [6, 6.07) is 9.19. The molecular formula is C22H26BFINO3S. The summed E-state index contributed by atoms with van der Waals surface area (Å²) in [7, 11) is -0.548. The van der Waals surface area contributed by atoms with Crippen LogP contribution in [0.25, 0.3) is 0 Å². The van der Waals surface area contributed by atoms with E-state index in [9.17, 15) is 4.39 Å². The van der Waals surface area contributed by atoms with Crippen molar-refractivity contribution in [3.05, 3.63) is 45.9 Å². The smallest absolute Gasteiger partial charge is 0.474 e. The Kier molecular flexibility index (Phi) is 6.41. The second-order valence-corrected chi connectivity index (χ2v) is 11.4. The van der Waals surface area contributed by atoms with Gasteiger partial charge in [0.2, 0.25) is 5.88 Å². The molecule has 1 saturated heterocycles. The van der Waals surface area contributed by atoms with E-state index in [-0.39, 0.29) is 11.9 Å². The average molecular weight is 541 g/mol. The van der Waals surface area contributed by atoms with E-state index in [1.165, 1.54) is 0 Å². The van der Waals surface area contributed by atoms with Gasteiger partial charge in [0.1, 0.15) is 11.9 Å². The van der Waals surface area contributed by atoms with Crippen LogP contribution in [0.15, 0.2) is 41.4 Å². The minimum absolute atomic E-state index is 0.123. The average Bonchev–Trinajstić information content (AvgIpc) is 3.19. The van der Waals surface area contributed by atoms with Crippen molar-refractivity contribution in [3.63, 3.8) is 0 Å². The molecule has 2 aromatic rings.